The van der Waals surface area contributed by atoms with Gasteiger partial charge >= 0.3 is 12.4 Å². The quantitative estimate of drug-likeness (QED) is 0.224. The Morgan fingerprint density at radius 3 is 2.33 bits per heavy atom. The highest BCUT2D eigenvalue weighted by Crippen LogP contribution is 2.30. The second kappa shape index (κ2) is 11.5. The van der Waals surface area contributed by atoms with E-state index in [0.29, 0.717) is 11.4 Å². The minimum absolute atomic E-state index is 0.123. The molecule has 36 heavy (non-hydrogen) atoms. The maximum Gasteiger partial charge on any atom is 0.387 e. The molecule has 1 amide bonds. The Morgan fingerprint density at radius 2 is 1.69 bits per heavy atom. The summed E-state index contributed by atoms with van der Waals surface area (Å²) in [6, 6.07) is 15.0. The Labute approximate surface area is 203 Å². The van der Waals surface area contributed by atoms with E-state index in [-0.39, 0.29) is 22.6 Å². The SMILES string of the molecule is COc1ccc(Nc2ccc(C(=O)NN=Cc3ccccc3OC(F)F)cc2S(=O)(=O)C(F)F)cc1. The molecule has 13 heteroatoms. The van der Waals surface area contributed by atoms with Crippen LogP contribution < -0.4 is 20.2 Å². The number of amides is 1. The number of rotatable bonds is 10. The van der Waals surface area contributed by atoms with Crippen LogP contribution in [0.2, 0.25) is 0 Å². The third-order valence-corrected chi connectivity index (χ3v) is 6.08. The number of anilines is 2. The number of hydrogen-bond acceptors (Lipinski definition) is 7. The summed E-state index contributed by atoms with van der Waals surface area (Å²) in [6.45, 7) is -3.07. The van der Waals surface area contributed by atoms with Crippen molar-refractivity contribution >= 4 is 33.3 Å². The number of para-hydroxylation sites is 1. The number of alkyl halides is 4. The first-order valence-electron chi connectivity index (χ1n) is 10.1. The van der Waals surface area contributed by atoms with Gasteiger partial charge in [0.2, 0.25) is 9.84 Å². The summed E-state index contributed by atoms with van der Waals surface area (Å²) in [5, 5.41) is 6.38. The van der Waals surface area contributed by atoms with Crippen molar-refractivity contribution in [3.8, 4) is 11.5 Å². The highest BCUT2D eigenvalue weighted by atomic mass is 32.2. The number of carbonyl (C=O) groups is 1. The minimum Gasteiger partial charge on any atom is -0.497 e. The molecule has 3 aromatic carbocycles. The molecular weight excluding hydrogens is 506 g/mol. The molecule has 0 aliphatic carbocycles. The van der Waals surface area contributed by atoms with Gasteiger partial charge in [-0.1, -0.05) is 12.1 Å². The van der Waals surface area contributed by atoms with Gasteiger partial charge in [-0.15, -0.1) is 0 Å². The fourth-order valence-electron chi connectivity index (χ4n) is 2.94. The van der Waals surface area contributed by atoms with Crippen LogP contribution in [-0.4, -0.2) is 40.0 Å². The van der Waals surface area contributed by atoms with Crippen LogP contribution in [0.15, 0.2) is 76.7 Å². The molecule has 0 heterocycles. The third-order valence-electron chi connectivity index (χ3n) is 4.66. The Hall–Kier alpha value is -4.13. The smallest absolute Gasteiger partial charge is 0.387 e. The van der Waals surface area contributed by atoms with Gasteiger partial charge in [-0.25, -0.2) is 13.8 Å². The zero-order valence-electron chi connectivity index (χ0n) is 18.5. The summed E-state index contributed by atoms with van der Waals surface area (Å²) in [5.74, 6) is -4.33. The molecule has 0 saturated carbocycles. The summed E-state index contributed by atoms with van der Waals surface area (Å²) < 4.78 is 85.7. The van der Waals surface area contributed by atoms with Crippen LogP contribution in [0.25, 0.3) is 0 Å². The van der Waals surface area contributed by atoms with Crippen LogP contribution in [0.1, 0.15) is 15.9 Å². The van der Waals surface area contributed by atoms with Gasteiger partial charge in [-0.3, -0.25) is 4.79 Å². The van der Waals surface area contributed by atoms with Gasteiger partial charge in [0.25, 0.3) is 5.91 Å². The van der Waals surface area contributed by atoms with Crippen molar-refractivity contribution in [1.82, 2.24) is 5.43 Å². The van der Waals surface area contributed by atoms with Gasteiger partial charge in [0.05, 0.1) is 23.9 Å². The molecule has 2 N–H and O–H groups in total. The van der Waals surface area contributed by atoms with E-state index >= 15 is 0 Å². The van der Waals surface area contributed by atoms with E-state index in [1.54, 1.807) is 24.3 Å². The van der Waals surface area contributed by atoms with E-state index in [1.165, 1.54) is 37.4 Å². The lowest BCUT2D eigenvalue weighted by molar-refractivity contribution is -0.0499. The number of sulfone groups is 1. The Balaban J connectivity index is 1.86. The highest BCUT2D eigenvalue weighted by molar-refractivity contribution is 7.91. The normalized spacial score (nSPS) is 11.6. The first kappa shape index (κ1) is 26.5. The molecule has 0 bridgehead atoms. The molecule has 3 rings (SSSR count). The molecule has 0 radical (unpaired) electrons. The first-order valence-corrected chi connectivity index (χ1v) is 11.6. The summed E-state index contributed by atoms with van der Waals surface area (Å²) >= 11 is 0. The third kappa shape index (κ3) is 6.50. The minimum atomic E-state index is -5.10. The number of methoxy groups -OCH3 is 1. The lowest BCUT2D eigenvalue weighted by Gasteiger charge is -2.14. The number of hydrazone groups is 1. The first-order chi connectivity index (χ1) is 17.1. The molecule has 8 nitrogen and oxygen atoms in total. The van der Waals surface area contributed by atoms with Crippen LogP contribution in [0.5, 0.6) is 11.5 Å². The maximum atomic E-state index is 13.3. The van der Waals surface area contributed by atoms with E-state index in [2.05, 4.69) is 20.6 Å². The fraction of sp³-hybridized carbons (Fsp3) is 0.130. The van der Waals surface area contributed by atoms with Crippen molar-refractivity contribution < 1.29 is 40.2 Å². The Kier molecular flexibility index (Phi) is 8.48. The Morgan fingerprint density at radius 1 is 1.00 bits per heavy atom. The average molecular weight is 525 g/mol. The summed E-state index contributed by atoms with van der Waals surface area (Å²) in [4.78, 5) is 11.7. The highest BCUT2D eigenvalue weighted by Gasteiger charge is 2.30. The van der Waals surface area contributed by atoms with Crippen LogP contribution in [-0.2, 0) is 9.84 Å². The van der Waals surface area contributed by atoms with Crippen LogP contribution in [0.4, 0.5) is 28.9 Å². The van der Waals surface area contributed by atoms with Gasteiger partial charge in [-0.2, -0.15) is 22.7 Å². The molecule has 0 atom stereocenters. The van der Waals surface area contributed by atoms with Crippen molar-refractivity contribution in [1.29, 1.82) is 0 Å². The molecule has 0 fully saturated rings. The molecule has 0 unspecified atom stereocenters. The molecule has 0 aliphatic rings. The number of nitrogens with zero attached hydrogens (tertiary/aromatic N) is 1. The van der Waals surface area contributed by atoms with Gasteiger partial charge in [0.15, 0.2) is 0 Å². The van der Waals surface area contributed by atoms with Gasteiger partial charge in [0, 0.05) is 16.8 Å². The molecule has 190 valence electrons. The average Bonchev–Trinajstić information content (AvgIpc) is 2.85. The number of nitrogens with one attached hydrogen (secondary N) is 2. The van der Waals surface area contributed by atoms with Crippen molar-refractivity contribution in [3.63, 3.8) is 0 Å². The topological polar surface area (TPSA) is 106 Å². The summed E-state index contributed by atoms with van der Waals surface area (Å²) in [7, 11) is -3.65. The summed E-state index contributed by atoms with van der Waals surface area (Å²) in [6.07, 6.45) is 1.03. The van der Waals surface area contributed by atoms with Crippen molar-refractivity contribution in [2.24, 2.45) is 5.10 Å². The predicted molar refractivity (Wildman–Crippen MR) is 124 cm³/mol. The Bertz CT molecular complexity index is 1350. The van der Waals surface area contributed by atoms with Crippen molar-refractivity contribution in [2.75, 3.05) is 12.4 Å². The van der Waals surface area contributed by atoms with Crippen LogP contribution in [0, 0.1) is 0 Å². The van der Waals surface area contributed by atoms with E-state index in [0.717, 1.165) is 18.3 Å². The molecule has 0 aliphatic heterocycles. The molecule has 0 saturated heterocycles. The van der Waals surface area contributed by atoms with Gasteiger partial charge in [-0.05, 0) is 54.6 Å². The number of carbonyl (C=O) groups excluding carboxylic acids is 1. The van der Waals surface area contributed by atoms with Gasteiger partial charge in [0.1, 0.15) is 11.5 Å². The summed E-state index contributed by atoms with van der Waals surface area (Å²) in [5.41, 5.74) is 2.12. The maximum absolute atomic E-state index is 13.3. The second-order valence-electron chi connectivity index (χ2n) is 6.99. The van der Waals surface area contributed by atoms with Crippen molar-refractivity contribution in [2.45, 2.75) is 17.3 Å². The van der Waals surface area contributed by atoms with E-state index in [4.69, 9.17) is 4.74 Å². The zero-order valence-corrected chi connectivity index (χ0v) is 19.3. The monoisotopic (exact) mass is 525 g/mol. The molecular formula is C23H19F4N3O5S. The number of benzene rings is 3. The predicted octanol–water partition coefficient (Wildman–Crippen LogP) is 4.80. The van der Waals surface area contributed by atoms with E-state index < -0.39 is 33.0 Å². The lowest BCUT2D eigenvalue weighted by Crippen LogP contribution is -2.20. The molecule has 3 aromatic rings. The zero-order chi connectivity index (χ0) is 26.3. The lowest BCUT2D eigenvalue weighted by atomic mass is 10.2. The second-order valence-corrected chi connectivity index (χ2v) is 8.87. The van der Waals surface area contributed by atoms with E-state index in [9.17, 15) is 30.8 Å². The number of ether oxygens (including phenoxy) is 2. The van der Waals surface area contributed by atoms with Crippen LogP contribution >= 0.6 is 0 Å². The van der Waals surface area contributed by atoms with Crippen molar-refractivity contribution in [3.05, 3.63) is 77.9 Å². The van der Waals surface area contributed by atoms with Crippen LogP contribution in [0.3, 0.4) is 0 Å². The van der Waals surface area contributed by atoms with E-state index in [1.807, 2.05) is 0 Å². The number of hydrogen-bond donors (Lipinski definition) is 2. The van der Waals surface area contributed by atoms with Gasteiger partial charge < -0.3 is 14.8 Å². The fourth-order valence-corrected chi connectivity index (χ4v) is 3.85. The standard InChI is InChI=1S/C23H19F4N3O5S/c1-34-17-9-7-16(8-10-17)29-18-11-6-14(12-20(18)36(32,33)23(26)27)21(31)30-28-13-15-4-2-3-5-19(15)35-22(24)25/h2-13,22-23,29H,1H3,(H,30,31). The number of halogens is 4. The largest absolute Gasteiger partial charge is 0.497 e. The molecule has 0 spiro atoms. The molecule has 0 aromatic heterocycles.